The van der Waals surface area contributed by atoms with Crippen LogP contribution in [0.15, 0.2) is 48.5 Å². The van der Waals surface area contributed by atoms with Gasteiger partial charge in [-0.25, -0.2) is 4.98 Å². The number of hydrogen-bond acceptors (Lipinski definition) is 5. The van der Waals surface area contributed by atoms with Crippen LogP contribution in [0, 0.1) is 0 Å². The highest BCUT2D eigenvalue weighted by Crippen LogP contribution is 2.28. The van der Waals surface area contributed by atoms with E-state index in [1.807, 2.05) is 30.3 Å². The average Bonchev–Trinajstić information content (AvgIpc) is 3.31. The molecule has 2 N–H and O–H groups in total. The van der Waals surface area contributed by atoms with Crippen molar-refractivity contribution in [3.05, 3.63) is 54.1 Å². The molecule has 0 spiro atoms. The Morgan fingerprint density at radius 3 is 2.63 bits per heavy atom. The van der Waals surface area contributed by atoms with Gasteiger partial charge in [-0.1, -0.05) is 23.5 Å². The molecule has 0 bridgehead atoms. The van der Waals surface area contributed by atoms with Crippen molar-refractivity contribution in [2.24, 2.45) is 0 Å². The molecule has 30 heavy (non-hydrogen) atoms. The van der Waals surface area contributed by atoms with Crippen molar-refractivity contribution in [3.63, 3.8) is 0 Å². The molecule has 3 aromatic rings. The third-order valence-electron chi connectivity index (χ3n) is 4.64. The summed E-state index contributed by atoms with van der Waals surface area (Å²) >= 11 is 1.35. The number of carbonyl (C=O) groups is 3. The number of hydrogen-bond donors (Lipinski definition) is 2. The number of nitrogens with one attached hydrogen (secondary N) is 2. The van der Waals surface area contributed by atoms with Crippen molar-refractivity contribution in [3.8, 4) is 0 Å². The first-order valence-electron chi connectivity index (χ1n) is 9.55. The van der Waals surface area contributed by atoms with Crippen molar-refractivity contribution in [2.45, 2.75) is 19.8 Å². The lowest BCUT2D eigenvalue weighted by atomic mass is 10.2. The van der Waals surface area contributed by atoms with E-state index < -0.39 is 0 Å². The Hall–Kier alpha value is -3.52. The lowest BCUT2D eigenvalue weighted by Crippen LogP contribution is -2.23. The van der Waals surface area contributed by atoms with Gasteiger partial charge in [0.1, 0.15) is 0 Å². The van der Waals surface area contributed by atoms with Crippen LogP contribution in [-0.2, 0) is 14.4 Å². The van der Waals surface area contributed by atoms with Gasteiger partial charge in [0.15, 0.2) is 5.13 Å². The molecule has 2 aromatic carbocycles. The highest BCUT2D eigenvalue weighted by atomic mass is 32.1. The molecule has 1 fully saturated rings. The summed E-state index contributed by atoms with van der Waals surface area (Å²) in [6.07, 6.45) is 4.69. The van der Waals surface area contributed by atoms with Crippen molar-refractivity contribution in [1.29, 1.82) is 0 Å². The molecular weight excluding hydrogens is 400 g/mol. The first-order valence-corrected chi connectivity index (χ1v) is 10.4. The van der Waals surface area contributed by atoms with Gasteiger partial charge >= 0.3 is 0 Å². The molecule has 0 aliphatic carbocycles. The third kappa shape index (κ3) is 4.55. The van der Waals surface area contributed by atoms with Crippen LogP contribution in [-0.4, -0.2) is 29.3 Å². The summed E-state index contributed by atoms with van der Waals surface area (Å²) in [5.74, 6) is -0.271. The van der Waals surface area contributed by atoms with Gasteiger partial charge in [-0.2, -0.15) is 0 Å². The average molecular weight is 420 g/mol. The van der Waals surface area contributed by atoms with Crippen LogP contribution in [0.1, 0.15) is 25.3 Å². The lowest BCUT2D eigenvalue weighted by Gasteiger charge is -2.15. The first-order chi connectivity index (χ1) is 14.5. The number of fused-ring (bicyclic) bond motifs is 1. The van der Waals surface area contributed by atoms with Crippen LogP contribution in [0.5, 0.6) is 0 Å². The smallest absolute Gasteiger partial charge is 0.248 e. The molecular formula is C22H20N4O3S. The molecule has 3 amide bonds. The topological polar surface area (TPSA) is 91.4 Å². The number of benzene rings is 2. The second kappa shape index (κ2) is 8.46. The molecule has 1 saturated heterocycles. The molecule has 1 aliphatic rings. The molecule has 2 heterocycles. The minimum absolute atomic E-state index is 0.153. The normalized spacial score (nSPS) is 13.9. The maximum absolute atomic E-state index is 12.3. The minimum Gasteiger partial charge on any atom is -0.322 e. The number of rotatable bonds is 5. The Morgan fingerprint density at radius 1 is 1.13 bits per heavy atom. The monoisotopic (exact) mass is 420 g/mol. The van der Waals surface area contributed by atoms with Crippen LogP contribution >= 0.6 is 11.3 Å². The van der Waals surface area contributed by atoms with E-state index in [1.54, 1.807) is 23.1 Å². The summed E-state index contributed by atoms with van der Waals surface area (Å²) in [7, 11) is 0. The fourth-order valence-corrected chi connectivity index (χ4v) is 4.20. The second-order valence-corrected chi connectivity index (χ2v) is 7.98. The van der Waals surface area contributed by atoms with E-state index in [0.29, 0.717) is 17.2 Å². The molecule has 152 valence electrons. The Bertz CT molecular complexity index is 1150. The van der Waals surface area contributed by atoms with Gasteiger partial charge in [0.25, 0.3) is 0 Å². The maximum Gasteiger partial charge on any atom is 0.248 e. The molecule has 4 rings (SSSR count). The van der Waals surface area contributed by atoms with Crippen molar-refractivity contribution in [1.82, 2.24) is 4.98 Å². The predicted octanol–water partition coefficient (Wildman–Crippen LogP) is 4.03. The van der Waals surface area contributed by atoms with Crippen LogP contribution < -0.4 is 15.5 Å². The Balaban J connectivity index is 1.39. The molecule has 1 aromatic heterocycles. The van der Waals surface area contributed by atoms with E-state index >= 15 is 0 Å². The van der Waals surface area contributed by atoms with E-state index in [1.165, 1.54) is 24.3 Å². The zero-order chi connectivity index (χ0) is 21.1. The van der Waals surface area contributed by atoms with Crippen LogP contribution in [0.3, 0.4) is 0 Å². The van der Waals surface area contributed by atoms with E-state index in [9.17, 15) is 14.4 Å². The zero-order valence-corrected chi connectivity index (χ0v) is 17.2. The summed E-state index contributed by atoms with van der Waals surface area (Å²) in [4.78, 5) is 41.4. The predicted molar refractivity (Wildman–Crippen MR) is 120 cm³/mol. The summed E-state index contributed by atoms with van der Waals surface area (Å²) in [5.41, 5.74) is 3.17. The molecule has 0 atom stereocenters. The van der Waals surface area contributed by atoms with Crippen LogP contribution in [0.4, 0.5) is 16.5 Å². The van der Waals surface area contributed by atoms with Gasteiger partial charge in [0.2, 0.25) is 17.7 Å². The SMILES string of the molecule is CC(=O)Nc1nc2ccc(NC(=O)/C=C/c3ccc(N4CCCC4=O)cc3)cc2s1. The number of anilines is 3. The third-order valence-corrected chi connectivity index (χ3v) is 5.58. The summed E-state index contributed by atoms with van der Waals surface area (Å²) in [6.45, 7) is 2.19. The van der Waals surface area contributed by atoms with E-state index in [-0.39, 0.29) is 17.7 Å². The number of nitrogens with zero attached hydrogens (tertiary/aromatic N) is 2. The van der Waals surface area contributed by atoms with Crippen LogP contribution in [0.25, 0.3) is 16.3 Å². The van der Waals surface area contributed by atoms with Crippen LogP contribution in [0.2, 0.25) is 0 Å². The molecule has 0 saturated carbocycles. The number of carbonyl (C=O) groups excluding carboxylic acids is 3. The zero-order valence-electron chi connectivity index (χ0n) is 16.3. The summed E-state index contributed by atoms with van der Waals surface area (Å²) in [5, 5.41) is 6.02. The number of amides is 3. The lowest BCUT2D eigenvalue weighted by molar-refractivity contribution is -0.117. The second-order valence-electron chi connectivity index (χ2n) is 6.95. The number of thiazole rings is 1. The van der Waals surface area contributed by atoms with Crippen molar-refractivity contribution in [2.75, 3.05) is 22.1 Å². The van der Waals surface area contributed by atoms with Gasteiger partial charge in [-0.05, 0) is 48.4 Å². The molecule has 0 unspecified atom stereocenters. The Labute approximate surface area is 177 Å². The molecule has 8 heteroatoms. The fourth-order valence-electron chi connectivity index (χ4n) is 3.25. The largest absolute Gasteiger partial charge is 0.322 e. The van der Waals surface area contributed by atoms with Gasteiger partial charge in [-0.3, -0.25) is 14.4 Å². The maximum atomic E-state index is 12.3. The van der Waals surface area contributed by atoms with Crippen molar-refractivity contribution < 1.29 is 14.4 Å². The molecule has 1 aliphatic heterocycles. The van der Waals surface area contributed by atoms with Gasteiger partial charge in [-0.15, -0.1) is 0 Å². The summed E-state index contributed by atoms with van der Waals surface area (Å²) in [6, 6.07) is 13.0. The standard InChI is InChI=1S/C22H20N4O3S/c1-14(27)23-22-25-18-10-7-16(13-19(18)30-22)24-20(28)11-6-15-4-8-17(9-5-15)26-12-2-3-21(26)29/h4-11,13H,2-3,12H2,1H3,(H,24,28)(H,23,25,27)/b11-6+. The van der Waals surface area contributed by atoms with E-state index in [0.717, 1.165) is 34.4 Å². The summed E-state index contributed by atoms with van der Waals surface area (Å²) < 4.78 is 0.868. The van der Waals surface area contributed by atoms with Gasteiger partial charge in [0.05, 0.1) is 10.2 Å². The quantitative estimate of drug-likeness (QED) is 0.610. The van der Waals surface area contributed by atoms with Gasteiger partial charge < -0.3 is 15.5 Å². The van der Waals surface area contributed by atoms with E-state index in [4.69, 9.17) is 0 Å². The fraction of sp³-hybridized carbons (Fsp3) is 0.182. The number of aromatic nitrogens is 1. The van der Waals surface area contributed by atoms with E-state index in [2.05, 4.69) is 15.6 Å². The highest BCUT2D eigenvalue weighted by molar-refractivity contribution is 7.22. The van der Waals surface area contributed by atoms with Crippen molar-refractivity contribution >= 4 is 61.9 Å². The Kier molecular flexibility index (Phi) is 5.58. The van der Waals surface area contributed by atoms with Gasteiger partial charge in [0, 0.05) is 37.3 Å². The Morgan fingerprint density at radius 2 is 1.93 bits per heavy atom. The molecule has 7 nitrogen and oxygen atoms in total. The first kappa shape index (κ1) is 19.8. The molecule has 0 radical (unpaired) electrons. The minimum atomic E-state index is -0.250. The highest BCUT2D eigenvalue weighted by Gasteiger charge is 2.21.